The average Bonchev–Trinajstić information content (AvgIpc) is 3.90. The SMILES string of the molecule is c1ccc(-c2nc(-c3ccccc3)nc(-c3cccc4c5c(sc34)C3(C4=C5N(c5ccccc5)c5ccccc5O4)c4ccccc4-c4ccccc43)n2)cc1. The van der Waals surface area contributed by atoms with Crippen molar-refractivity contribution >= 4 is 38.5 Å². The quantitative estimate of drug-likeness (QED) is 0.180. The third kappa shape index (κ3) is 4.27. The Morgan fingerprint density at radius 1 is 0.482 bits per heavy atom. The van der Waals surface area contributed by atoms with Crippen LogP contribution in [0, 0.1) is 0 Å². The van der Waals surface area contributed by atoms with Crippen LogP contribution in [0.3, 0.4) is 0 Å². The summed E-state index contributed by atoms with van der Waals surface area (Å²) in [7, 11) is 0. The molecule has 3 aliphatic rings. The Hall–Kier alpha value is -7.15. The van der Waals surface area contributed by atoms with Crippen molar-refractivity contribution in [3.8, 4) is 51.0 Å². The van der Waals surface area contributed by atoms with Crippen molar-refractivity contribution in [3.05, 3.63) is 209 Å². The van der Waals surface area contributed by atoms with E-state index in [1.165, 1.54) is 32.7 Å². The Morgan fingerprint density at radius 3 is 1.68 bits per heavy atom. The molecule has 0 unspecified atom stereocenters. The zero-order valence-corrected chi connectivity index (χ0v) is 30.7. The standard InChI is InChI=1S/C50H30N4OS/c1-4-17-31(18-5-1)47-51-48(32-19-6-2-7-20-32)53-49(52-47)37-26-16-25-36-42-43-45(55-41-30-15-14-29-40(41)54(43)33-21-8-3-9-22-33)50(46(42)56-44(36)37)38-27-12-10-23-34(38)35-24-11-13-28-39(35)50/h1-30H. The second-order valence-corrected chi connectivity index (χ2v) is 15.3. The van der Waals surface area contributed by atoms with Gasteiger partial charge in [0, 0.05) is 42.9 Å². The van der Waals surface area contributed by atoms with E-state index in [0.717, 1.165) is 55.4 Å². The predicted molar refractivity (Wildman–Crippen MR) is 226 cm³/mol. The van der Waals surface area contributed by atoms with E-state index < -0.39 is 5.41 Å². The van der Waals surface area contributed by atoms with E-state index in [0.29, 0.717) is 17.5 Å². The van der Waals surface area contributed by atoms with E-state index in [2.05, 4.69) is 150 Å². The van der Waals surface area contributed by atoms with Gasteiger partial charge in [0.25, 0.3) is 0 Å². The predicted octanol–water partition coefficient (Wildman–Crippen LogP) is 12.3. The second kappa shape index (κ2) is 11.9. The molecule has 12 rings (SSSR count). The summed E-state index contributed by atoms with van der Waals surface area (Å²) in [5.74, 6) is 3.70. The molecule has 0 saturated heterocycles. The van der Waals surface area contributed by atoms with Crippen LogP contribution in [0.4, 0.5) is 11.4 Å². The summed E-state index contributed by atoms with van der Waals surface area (Å²) in [5, 5.41) is 1.14. The monoisotopic (exact) mass is 734 g/mol. The number of rotatable bonds is 4. The number of anilines is 2. The number of allylic oxidation sites excluding steroid dienone is 1. The summed E-state index contributed by atoms with van der Waals surface area (Å²) in [6.07, 6.45) is 0. The lowest BCUT2D eigenvalue weighted by Crippen LogP contribution is -2.32. The van der Waals surface area contributed by atoms with E-state index in [1.807, 2.05) is 47.7 Å². The molecule has 0 N–H and O–H groups in total. The number of benzene rings is 7. The first kappa shape index (κ1) is 31.2. The van der Waals surface area contributed by atoms with Gasteiger partial charge in [0.15, 0.2) is 23.2 Å². The van der Waals surface area contributed by atoms with E-state index in [-0.39, 0.29) is 0 Å². The van der Waals surface area contributed by atoms with Crippen molar-refractivity contribution in [1.29, 1.82) is 0 Å². The highest BCUT2D eigenvalue weighted by atomic mass is 32.1. The van der Waals surface area contributed by atoms with Gasteiger partial charge in [-0.15, -0.1) is 11.3 Å². The van der Waals surface area contributed by atoms with Crippen LogP contribution < -0.4 is 9.64 Å². The van der Waals surface area contributed by atoms with Crippen molar-refractivity contribution in [2.45, 2.75) is 5.41 Å². The van der Waals surface area contributed by atoms with Crippen LogP contribution in [0.1, 0.15) is 21.6 Å². The van der Waals surface area contributed by atoms with Gasteiger partial charge in [0.1, 0.15) is 11.2 Å². The number of hydrogen-bond acceptors (Lipinski definition) is 6. The topological polar surface area (TPSA) is 51.1 Å². The number of thiophene rings is 1. The van der Waals surface area contributed by atoms with Crippen molar-refractivity contribution in [1.82, 2.24) is 15.0 Å². The van der Waals surface area contributed by atoms with Gasteiger partial charge in [0.05, 0.1) is 11.4 Å². The van der Waals surface area contributed by atoms with E-state index in [4.69, 9.17) is 19.7 Å². The molecule has 2 aliphatic carbocycles. The number of aromatic nitrogens is 3. The van der Waals surface area contributed by atoms with Crippen LogP contribution in [0.2, 0.25) is 0 Å². The van der Waals surface area contributed by atoms with Crippen molar-refractivity contribution in [3.63, 3.8) is 0 Å². The first-order chi connectivity index (χ1) is 27.8. The van der Waals surface area contributed by atoms with Gasteiger partial charge in [-0.05, 0) is 52.6 Å². The van der Waals surface area contributed by atoms with Crippen LogP contribution in [-0.2, 0) is 5.41 Å². The maximum atomic E-state index is 7.30. The molecule has 2 aromatic heterocycles. The number of hydrogen-bond donors (Lipinski definition) is 0. The minimum Gasteiger partial charge on any atom is -0.456 e. The summed E-state index contributed by atoms with van der Waals surface area (Å²) in [4.78, 5) is 19.1. The molecule has 0 saturated carbocycles. The summed E-state index contributed by atoms with van der Waals surface area (Å²) in [5.41, 5.74) is 11.4. The molecular formula is C50H30N4OS. The molecule has 1 spiro atoms. The number of para-hydroxylation sites is 3. The van der Waals surface area contributed by atoms with Gasteiger partial charge in [-0.1, -0.05) is 152 Å². The second-order valence-electron chi connectivity index (χ2n) is 14.3. The minimum atomic E-state index is -0.692. The van der Waals surface area contributed by atoms with Crippen LogP contribution in [0.15, 0.2) is 188 Å². The van der Waals surface area contributed by atoms with Gasteiger partial charge in [-0.2, -0.15) is 0 Å². The lowest BCUT2D eigenvalue weighted by Gasteiger charge is -2.37. The third-order valence-electron chi connectivity index (χ3n) is 11.3. The fourth-order valence-electron chi connectivity index (χ4n) is 8.98. The summed E-state index contributed by atoms with van der Waals surface area (Å²) in [6.45, 7) is 0. The van der Waals surface area contributed by atoms with Gasteiger partial charge >= 0.3 is 0 Å². The third-order valence-corrected chi connectivity index (χ3v) is 12.7. The summed E-state index contributed by atoms with van der Waals surface area (Å²) in [6, 6.07) is 63.7. The fourth-order valence-corrected chi connectivity index (χ4v) is 10.5. The molecule has 0 bridgehead atoms. The molecule has 56 heavy (non-hydrogen) atoms. The molecule has 3 heterocycles. The zero-order valence-electron chi connectivity index (χ0n) is 29.9. The molecule has 9 aromatic rings. The van der Waals surface area contributed by atoms with E-state index >= 15 is 0 Å². The molecule has 262 valence electrons. The Balaban J connectivity index is 1.19. The van der Waals surface area contributed by atoms with Gasteiger partial charge in [0.2, 0.25) is 0 Å². The lowest BCUT2D eigenvalue weighted by atomic mass is 9.77. The normalized spacial score (nSPS) is 14.2. The molecule has 0 radical (unpaired) electrons. The molecule has 7 aromatic carbocycles. The van der Waals surface area contributed by atoms with E-state index in [9.17, 15) is 0 Å². The van der Waals surface area contributed by atoms with Gasteiger partial charge in [-0.3, -0.25) is 0 Å². The maximum absolute atomic E-state index is 7.30. The number of fused-ring (bicyclic) bond motifs is 12. The highest BCUT2D eigenvalue weighted by Gasteiger charge is 2.59. The van der Waals surface area contributed by atoms with Crippen molar-refractivity contribution in [2.75, 3.05) is 4.90 Å². The van der Waals surface area contributed by atoms with Crippen LogP contribution in [0.25, 0.3) is 61.1 Å². The molecular weight excluding hydrogens is 705 g/mol. The highest BCUT2D eigenvalue weighted by molar-refractivity contribution is 7.20. The Labute approximate surface area is 327 Å². The van der Waals surface area contributed by atoms with Crippen molar-refractivity contribution in [2.24, 2.45) is 0 Å². The molecule has 5 nitrogen and oxygen atoms in total. The van der Waals surface area contributed by atoms with Crippen molar-refractivity contribution < 1.29 is 4.74 Å². The molecule has 0 atom stereocenters. The number of nitrogens with zero attached hydrogens (tertiary/aromatic N) is 4. The zero-order chi connectivity index (χ0) is 36.8. The number of ether oxygens (including phenoxy) is 1. The summed E-state index contributed by atoms with van der Waals surface area (Å²) >= 11 is 1.83. The summed E-state index contributed by atoms with van der Waals surface area (Å²) < 4.78 is 8.43. The average molecular weight is 735 g/mol. The first-order valence-electron chi connectivity index (χ1n) is 18.8. The molecule has 0 amide bonds. The smallest absolute Gasteiger partial charge is 0.165 e. The molecule has 1 aliphatic heterocycles. The van der Waals surface area contributed by atoms with Crippen LogP contribution >= 0.6 is 11.3 Å². The Bertz CT molecular complexity index is 2960. The van der Waals surface area contributed by atoms with Crippen LogP contribution in [0.5, 0.6) is 5.75 Å². The first-order valence-corrected chi connectivity index (χ1v) is 19.6. The minimum absolute atomic E-state index is 0.642. The lowest BCUT2D eigenvalue weighted by molar-refractivity contribution is 0.371. The molecule has 6 heteroatoms. The Kier molecular flexibility index (Phi) is 6.65. The van der Waals surface area contributed by atoms with Gasteiger partial charge in [-0.25, -0.2) is 15.0 Å². The largest absolute Gasteiger partial charge is 0.456 e. The highest BCUT2D eigenvalue weighted by Crippen LogP contribution is 2.68. The Morgan fingerprint density at radius 2 is 1.02 bits per heavy atom. The van der Waals surface area contributed by atoms with E-state index in [1.54, 1.807) is 0 Å². The fraction of sp³-hybridized carbons (Fsp3) is 0.0200. The van der Waals surface area contributed by atoms with Crippen LogP contribution in [-0.4, -0.2) is 15.0 Å². The molecule has 0 fully saturated rings. The maximum Gasteiger partial charge on any atom is 0.165 e. The van der Waals surface area contributed by atoms with Gasteiger partial charge < -0.3 is 9.64 Å².